The van der Waals surface area contributed by atoms with E-state index < -0.39 is 0 Å². The molecule has 0 spiro atoms. The summed E-state index contributed by atoms with van der Waals surface area (Å²) in [5.74, 6) is 0.0561. The lowest BCUT2D eigenvalue weighted by molar-refractivity contribution is 0.0956. The SMILES string of the molecule is CCNC(=O)c1ccc(O)cc1. The summed E-state index contributed by atoms with van der Waals surface area (Å²) in [5, 5.41) is 11.6. The lowest BCUT2D eigenvalue weighted by Gasteiger charge is -2.00. The van der Waals surface area contributed by atoms with Gasteiger partial charge in [-0.25, -0.2) is 0 Å². The fraction of sp³-hybridized carbons (Fsp3) is 0.222. The highest BCUT2D eigenvalue weighted by molar-refractivity contribution is 5.94. The zero-order valence-electron chi connectivity index (χ0n) is 6.87. The van der Waals surface area contributed by atoms with Crippen LogP contribution in [0.2, 0.25) is 0 Å². The molecule has 0 heterocycles. The molecule has 0 fully saturated rings. The molecule has 0 saturated carbocycles. The van der Waals surface area contributed by atoms with Gasteiger partial charge >= 0.3 is 0 Å². The standard InChI is InChI=1S/C9H11NO2/c1-2-10-9(12)7-3-5-8(11)6-4-7/h3-6,11H,2H2,1H3,(H,10,12). The molecule has 0 aliphatic rings. The molecule has 1 aromatic carbocycles. The molecule has 2 N–H and O–H groups in total. The normalized spacial score (nSPS) is 9.42. The minimum absolute atomic E-state index is 0.113. The smallest absolute Gasteiger partial charge is 0.251 e. The summed E-state index contributed by atoms with van der Waals surface area (Å²) in [4.78, 5) is 11.2. The zero-order valence-corrected chi connectivity index (χ0v) is 6.87. The van der Waals surface area contributed by atoms with E-state index in [1.165, 1.54) is 12.1 Å². The molecule has 1 rings (SSSR count). The van der Waals surface area contributed by atoms with Gasteiger partial charge in [0.2, 0.25) is 0 Å². The van der Waals surface area contributed by atoms with Crippen molar-refractivity contribution in [1.29, 1.82) is 0 Å². The van der Waals surface area contributed by atoms with Crippen LogP contribution in [0.1, 0.15) is 17.3 Å². The van der Waals surface area contributed by atoms with Gasteiger partial charge in [-0.2, -0.15) is 0 Å². The molecular formula is C9H11NO2. The van der Waals surface area contributed by atoms with Gasteiger partial charge in [-0.1, -0.05) is 0 Å². The summed E-state index contributed by atoms with van der Waals surface area (Å²) < 4.78 is 0. The second kappa shape index (κ2) is 3.76. The number of hydrogen-bond acceptors (Lipinski definition) is 2. The predicted molar refractivity (Wildman–Crippen MR) is 46.1 cm³/mol. The van der Waals surface area contributed by atoms with Crippen molar-refractivity contribution < 1.29 is 9.90 Å². The molecule has 3 heteroatoms. The third kappa shape index (κ3) is 1.99. The Kier molecular flexibility index (Phi) is 2.69. The van der Waals surface area contributed by atoms with Gasteiger partial charge in [0.05, 0.1) is 0 Å². The number of rotatable bonds is 2. The van der Waals surface area contributed by atoms with E-state index in [0.717, 1.165) is 0 Å². The number of carbonyl (C=O) groups excluding carboxylic acids is 1. The number of phenols is 1. The van der Waals surface area contributed by atoms with E-state index >= 15 is 0 Å². The molecule has 0 aliphatic heterocycles. The zero-order chi connectivity index (χ0) is 8.97. The fourth-order valence-electron chi connectivity index (χ4n) is 0.875. The minimum atomic E-state index is -0.113. The van der Waals surface area contributed by atoms with E-state index in [9.17, 15) is 4.79 Å². The molecule has 3 nitrogen and oxygen atoms in total. The molecule has 64 valence electrons. The quantitative estimate of drug-likeness (QED) is 0.690. The maximum atomic E-state index is 11.2. The first-order valence-corrected chi connectivity index (χ1v) is 3.81. The van der Waals surface area contributed by atoms with E-state index in [-0.39, 0.29) is 11.7 Å². The fourth-order valence-corrected chi connectivity index (χ4v) is 0.875. The molecule has 1 amide bonds. The number of phenolic OH excluding ortho intramolecular Hbond substituents is 1. The Morgan fingerprint density at radius 3 is 2.50 bits per heavy atom. The summed E-state index contributed by atoms with van der Waals surface area (Å²) in [5.41, 5.74) is 0.564. The summed E-state index contributed by atoms with van der Waals surface area (Å²) in [6.07, 6.45) is 0. The first-order chi connectivity index (χ1) is 5.74. The second-order valence-electron chi connectivity index (χ2n) is 2.41. The lowest BCUT2D eigenvalue weighted by atomic mass is 10.2. The lowest BCUT2D eigenvalue weighted by Crippen LogP contribution is -2.22. The third-order valence-electron chi connectivity index (χ3n) is 1.47. The highest BCUT2D eigenvalue weighted by atomic mass is 16.3. The van der Waals surface area contributed by atoms with Crippen LogP contribution in [0.15, 0.2) is 24.3 Å². The van der Waals surface area contributed by atoms with Crippen LogP contribution >= 0.6 is 0 Å². The maximum absolute atomic E-state index is 11.2. The van der Waals surface area contributed by atoms with Crippen molar-refractivity contribution in [2.24, 2.45) is 0 Å². The number of nitrogens with one attached hydrogen (secondary N) is 1. The monoisotopic (exact) mass is 165 g/mol. The summed E-state index contributed by atoms with van der Waals surface area (Å²) >= 11 is 0. The molecule has 0 aliphatic carbocycles. The molecule has 0 radical (unpaired) electrons. The van der Waals surface area contributed by atoms with Crippen LogP contribution in [0.25, 0.3) is 0 Å². The Morgan fingerprint density at radius 1 is 1.42 bits per heavy atom. The van der Waals surface area contributed by atoms with Crippen LogP contribution in [-0.2, 0) is 0 Å². The Balaban J connectivity index is 2.75. The second-order valence-corrected chi connectivity index (χ2v) is 2.41. The van der Waals surface area contributed by atoms with Crippen LogP contribution in [0.4, 0.5) is 0 Å². The van der Waals surface area contributed by atoms with Crippen LogP contribution in [0, 0.1) is 0 Å². The largest absolute Gasteiger partial charge is 0.508 e. The van der Waals surface area contributed by atoms with Gasteiger partial charge in [0.25, 0.3) is 5.91 Å². The van der Waals surface area contributed by atoms with E-state index in [4.69, 9.17) is 5.11 Å². The minimum Gasteiger partial charge on any atom is -0.508 e. The summed E-state index contributed by atoms with van der Waals surface area (Å²) in [6.45, 7) is 2.47. The molecule has 0 saturated heterocycles. The van der Waals surface area contributed by atoms with Gasteiger partial charge in [0, 0.05) is 12.1 Å². The van der Waals surface area contributed by atoms with Crippen molar-refractivity contribution in [3.8, 4) is 5.75 Å². The Labute approximate surface area is 71.0 Å². The third-order valence-corrected chi connectivity index (χ3v) is 1.47. The van der Waals surface area contributed by atoms with Gasteiger partial charge < -0.3 is 10.4 Å². The van der Waals surface area contributed by atoms with Crippen molar-refractivity contribution in [2.45, 2.75) is 6.92 Å². The molecule has 0 unspecified atom stereocenters. The summed E-state index contributed by atoms with van der Waals surface area (Å²) in [7, 11) is 0. The average molecular weight is 165 g/mol. The number of amides is 1. The maximum Gasteiger partial charge on any atom is 0.251 e. The summed E-state index contributed by atoms with van der Waals surface area (Å²) in [6, 6.07) is 6.15. The molecule has 0 atom stereocenters. The molecule has 0 aromatic heterocycles. The van der Waals surface area contributed by atoms with E-state index in [1.807, 2.05) is 6.92 Å². The highest BCUT2D eigenvalue weighted by Crippen LogP contribution is 2.08. The number of aromatic hydroxyl groups is 1. The average Bonchev–Trinajstić information content (AvgIpc) is 2.06. The Hall–Kier alpha value is -1.51. The van der Waals surface area contributed by atoms with Crippen LogP contribution in [-0.4, -0.2) is 17.6 Å². The van der Waals surface area contributed by atoms with Gasteiger partial charge in [0.15, 0.2) is 0 Å². The predicted octanol–water partition coefficient (Wildman–Crippen LogP) is 1.14. The van der Waals surface area contributed by atoms with E-state index in [0.29, 0.717) is 12.1 Å². The first-order valence-electron chi connectivity index (χ1n) is 3.81. The van der Waals surface area contributed by atoms with Crippen LogP contribution in [0.3, 0.4) is 0 Å². The van der Waals surface area contributed by atoms with Crippen molar-refractivity contribution in [2.75, 3.05) is 6.54 Å². The van der Waals surface area contributed by atoms with Crippen LogP contribution < -0.4 is 5.32 Å². The van der Waals surface area contributed by atoms with Gasteiger partial charge in [0.1, 0.15) is 5.75 Å². The Bertz CT molecular complexity index is 266. The van der Waals surface area contributed by atoms with Crippen molar-refractivity contribution >= 4 is 5.91 Å². The topological polar surface area (TPSA) is 49.3 Å². The number of carbonyl (C=O) groups is 1. The number of benzene rings is 1. The van der Waals surface area contributed by atoms with E-state index in [2.05, 4.69) is 5.32 Å². The van der Waals surface area contributed by atoms with Crippen molar-refractivity contribution in [3.63, 3.8) is 0 Å². The first kappa shape index (κ1) is 8.59. The molecule has 0 bridgehead atoms. The van der Waals surface area contributed by atoms with Crippen molar-refractivity contribution in [1.82, 2.24) is 5.32 Å². The Morgan fingerprint density at radius 2 is 2.00 bits per heavy atom. The molecule has 12 heavy (non-hydrogen) atoms. The van der Waals surface area contributed by atoms with Crippen molar-refractivity contribution in [3.05, 3.63) is 29.8 Å². The van der Waals surface area contributed by atoms with Gasteiger partial charge in [-0.05, 0) is 31.2 Å². The van der Waals surface area contributed by atoms with E-state index in [1.54, 1.807) is 12.1 Å². The molecular weight excluding hydrogens is 154 g/mol. The van der Waals surface area contributed by atoms with Gasteiger partial charge in [-0.3, -0.25) is 4.79 Å². The van der Waals surface area contributed by atoms with Crippen LogP contribution in [0.5, 0.6) is 5.75 Å². The van der Waals surface area contributed by atoms with Gasteiger partial charge in [-0.15, -0.1) is 0 Å². The highest BCUT2D eigenvalue weighted by Gasteiger charge is 2.01. The molecule has 1 aromatic rings. The number of hydrogen-bond donors (Lipinski definition) is 2.